The van der Waals surface area contributed by atoms with E-state index in [9.17, 15) is 20.2 Å². The standard InChI is InChI=1S/C21H20N4O4/c1-2-14-4-3-5-17-18(13-22-21(14)17)15-8-10-23(11-9-15)19-7-6-16(24(26)27)12-20(19)25(28)29/h3-8,12-13,22H,2,9-11H2,1H3. The van der Waals surface area contributed by atoms with Crippen molar-refractivity contribution in [2.75, 3.05) is 18.0 Å². The Balaban J connectivity index is 1.64. The summed E-state index contributed by atoms with van der Waals surface area (Å²) in [4.78, 5) is 26.5. The van der Waals surface area contributed by atoms with Crippen molar-refractivity contribution in [2.45, 2.75) is 19.8 Å². The second-order valence-electron chi connectivity index (χ2n) is 7.01. The van der Waals surface area contributed by atoms with E-state index in [4.69, 9.17) is 0 Å². The smallest absolute Gasteiger partial charge is 0.299 e. The van der Waals surface area contributed by atoms with Crippen LogP contribution >= 0.6 is 0 Å². The van der Waals surface area contributed by atoms with Crippen molar-refractivity contribution in [2.24, 2.45) is 0 Å². The zero-order chi connectivity index (χ0) is 20.5. The van der Waals surface area contributed by atoms with E-state index in [0.29, 0.717) is 18.8 Å². The number of rotatable bonds is 5. The highest BCUT2D eigenvalue weighted by Gasteiger charge is 2.25. The molecule has 148 valence electrons. The molecule has 0 radical (unpaired) electrons. The Bertz CT molecular complexity index is 1150. The minimum absolute atomic E-state index is 0.240. The number of aryl methyl sites for hydroxylation is 1. The van der Waals surface area contributed by atoms with E-state index in [1.807, 2.05) is 11.1 Å². The Kier molecular flexibility index (Phi) is 4.75. The fourth-order valence-electron chi connectivity index (χ4n) is 3.95. The Morgan fingerprint density at radius 3 is 2.62 bits per heavy atom. The molecule has 2 heterocycles. The van der Waals surface area contributed by atoms with Crippen LogP contribution < -0.4 is 4.90 Å². The molecule has 0 saturated carbocycles. The predicted octanol–water partition coefficient (Wildman–Crippen LogP) is 4.84. The maximum absolute atomic E-state index is 11.4. The topological polar surface area (TPSA) is 105 Å². The molecular weight excluding hydrogens is 372 g/mol. The third-order valence-corrected chi connectivity index (χ3v) is 5.44. The van der Waals surface area contributed by atoms with Crippen LogP contribution in [-0.2, 0) is 6.42 Å². The van der Waals surface area contributed by atoms with Crippen molar-refractivity contribution < 1.29 is 9.85 Å². The quantitative estimate of drug-likeness (QED) is 0.494. The summed E-state index contributed by atoms with van der Waals surface area (Å²) < 4.78 is 0. The van der Waals surface area contributed by atoms with Gasteiger partial charge in [0.25, 0.3) is 11.4 Å². The number of nitro groups is 2. The molecule has 0 aliphatic carbocycles. The molecular formula is C21H20N4O4. The van der Waals surface area contributed by atoms with Gasteiger partial charge in [-0.25, -0.2) is 0 Å². The first-order valence-corrected chi connectivity index (χ1v) is 9.45. The van der Waals surface area contributed by atoms with E-state index in [2.05, 4.69) is 36.2 Å². The van der Waals surface area contributed by atoms with E-state index in [1.165, 1.54) is 28.7 Å². The number of benzene rings is 2. The van der Waals surface area contributed by atoms with E-state index in [-0.39, 0.29) is 11.4 Å². The summed E-state index contributed by atoms with van der Waals surface area (Å²) in [5.74, 6) is 0. The minimum Gasteiger partial charge on any atom is -0.362 e. The molecule has 0 spiro atoms. The fourth-order valence-corrected chi connectivity index (χ4v) is 3.95. The van der Waals surface area contributed by atoms with Gasteiger partial charge in [0.2, 0.25) is 0 Å². The number of H-pyrrole nitrogens is 1. The van der Waals surface area contributed by atoms with E-state index in [0.717, 1.165) is 30.0 Å². The second kappa shape index (κ2) is 7.38. The van der Waals surface area contributed by atoms with Gasteiger partial charge >= 0.3 is 0 Å². The van der Waals surface area contributed by atoms with Crippen LogP contribution in [0.25, 0.3) is 16.5 Å². The van der Waals surface area contributed by atoms with Crippen LogP contribution in [0, 0.1) is 20.2 Å². The van der Waals surface area contributed by atoms with E-state index in [1.54, 1.807) is 0 Å². The Labute approximate surface area is 166 Å². The first-order chi connectivity index (χ1) is 14.0. The summed E-state index contributed by atoms with van der Waals surface area (Å²) >= 11 is 0. The van der Waals surface area contributed by atoms with Gasteiger partial charge in [-0.05, 0) is 30.0 Å². The van der Waals surface area contributed by atoms with Gasteiger partial charge in [0, 0.05) is 41.8 Å². The third kappa shape index (κ3) is 3.33. The molecule has 0 fully saturated rings. The lowest BCUT2D eigenvalue weighted by molar-refractivity contribution is -0.393. The van der Waals surface area contributed by atoms with Gasteiger partial charge in [0.15, 0.2) is 0 Å². The number of hydrogen-bond acceptors (Lipinski definition) is 5. The van der Waals surface area contributed by atoms with Crippen LogP contribution in [0.15, 0.2) is 48.7 Å². The van der Waals surface area contributed by atoms with Crippen LogP contribution in [0.4, 0.5) is 17.1 Å². The van der Waals surface area contributed by atoms with Gasteiger partial charge in [0.05, 0.1) is 15.9 Å². The van der Waals surface area contributed by atoms with Crippen molar-refractivity contribution in [3.8, 4) is 0 Å². The highest BCUT2D eigenvalue weighted by atomic mass is 16.6. The number of fused-ring (bicyclic) bond motifs is 1. The van der Waals surface area contributed by atoms with Crippen molar-refractivity contribution in [1.29, 1.82) is 0 Å². The molecule has 1 aliphatic rings. The normalized spacial score (nSPS) is 14.1. The molecule has 4 rings (SSSR count). The summed E-state index contributed by atoms with van der Waals surface area (Å²) in [5, 5.41) is 23.6. The largest absolute Gasteiger partial charge is 0.362 e. The maximum atomic E-state index is 11.4. The number of aromatic nitrogens is 1. The number of aromatic amines is 1. The van der Waals surface area contributed by atoms with Gasteiger partial charge in [-0.3, -0.25) is 20.2 Å². The number of para-hydroxylation sites is 1. The van der Waals surface area contributed by atoms with Crippen molar-refractivity contribution in [3.05, 3.63) is 80.0 Å². The Morgan fingerprint density at radius 2 is 1.97 bits per heavy atom. The van der Waals surface area contributed by atoms with Gasteiger partial charge in [-0.2, -0.15) is 0 Å². The zero-order valence-electron chi connectivity index (χ0n) is 15.9. The van der Waals surface area contributed by atoms with Crippen LogP contribution in [0.2, 0.25) is 0 Å². The van der Waals surface area contributed by atoms with Gasteiger partial charge < -0.3 is 9.88 Å². The van der Waals surface area contributed by atoms with E-state index >= 15 is 0 Å². The third-order valence-electron chi connectivity index (χ3n) is 5.44. The second-order valence-corrected chi connectivity index (χ2v) is 7.01. The highest BCUT2D eigenvalue weighted by Crippen LogP contribution is 2.36. The number of anilines is 1. The summed E-state index contributed by atoms with van der Waals surface area (Å²) in [6.07, 6.45) is 5.79. The van der Waals surface area contributed by atoms with Crippen molar-refractivity contribution >= 4 is 33.5 Å². The number of nitro benzene ring substituents is 2. The Hall–Kier alpha value is -3.68. The molecule has 0 saturated heterocycles. The summed E-state index contributed by atoms with van der Waals surface area (Å²) in [5.41, 5.74) is 4.67. The summed E-state index contributed by atoms with van der Waals surface area (Å²) in [7, 11) is 0. The highest BCUT2D eigenvalue weighted by molar-refractivity contribution is 5.94. The first-order valence-electron chi connectivity index (χ1n) is 9.45. The molecule has 0 bridgehead atoms. The van der Waals surface area contributed by atoms with Crippen molar-refractivity contribution in [1.82, 2.24) is 4.98 Å². The molecule has 1 aliphatic heterocycles. The molecule has 8 nitrogen and oxygen atoms in total. The lowest BCUT2D eigenvalue weighted by Crippen LogP contribution is -2.28. The fraction of sp³-hybridized carbons (Fsp3) is 0.238. The average Bonchev–Trinajstić information content (AvgIpc) is 3.17. The molecule has 1 aromatic heterocycles. The summed E-state index contributed by atoms with van der Waals surface area (Å²) in [6, 6.07) is 10.1. The molecule has 1 N–H and O–H groups in total. The first kappa shape index (κ1) is 18.7. The van der Waals surface area contributed by atoms with Crippen molar-refractivity contribution in [3.63, 3.8) is 0 Å². The number of non-ortho nitro benzene ring substituents is 1. The lowest BCUT2D eigenvalue weighted by Gasteiger charge is -2.28. The van der Waals surface area contributed by atoms with E-state index < -0.39 is 9.85 Å². The van der Waals surface area contributed by atoms with Crippen LogP contribution in [0.5, 0.6) is 0 Å². The molecule has 0 unspecified atom stereocenters. The maximum Gasteiger partial charge on any atom is 0.299 e. The monoisotopic (exact) mass is 392 g/mol. The van der Waals surface area contributed by atoms with Gasteiger partial charge in [-0.15, -0.1) is 0 Å². The number of hydrogen-bond donors (Lipinski definition) is 1. The molecule has 3 aromatic rings. The van der Waals surface area contributed by atoms with Crippen LogP contribution in [0.3, 0.4) is 0 Å². The van der Waals surface area contributed by atoms with Crippen LogP contribution in [0.1, 0.15) is 24.5 Å². The molecule has 0 amide bonds. The SMILES string of the molecule is CCc1cccc2c(C3=CCN(c4ccc([N+](=O)[O-])cc4[N+](=O)[O-])CC3)c[nH]c12. The molecule has 0 atom stereocenters. The lowest BCUT2D eigenvalue weighted by atomic mass is 9.97. The Morgan fingerprint density at radius 1 is 1.14 bits per heavy atom. The summed E-state index contributed by atoms with van der Waals surface area (Å²) in [6.45, 7) is 3.24. The van der Waals surface area contributed by atoms with Gasteiger partial charge in [0.1, 0.15) is 5.69 Å². The zero-order valence-corrected chi connectivity index (χ0v) is 15.9. The molecule has 2 aromatic carbocycles. The minimum atomic E-state index is -0.618. The number of nitrogens with zero attached hydrogens (tertiary/aromatic N) is 3. The van der Waals surface area contributed by atoms with Crippen LogP contribution in [-0.4, -0.2) is 27.9 Å². The van der Waals surface area contributed by atoms with Gasteiger partial charge in [-0.1, -0.05) is 31.2 Å². The predicted molar refractivity (Wildman–Crippen MR) is 112 cm³/mol. The average molecular weight is 392 g/mol. The molecule has 8 heteroatoms. The number of nitrogens with one attached hydrogen (secondary N) is 1. The molecule has 29 heavy (non-hydrogen) atoms.